The van der Waals surface area contributed by atoms with E-state index in [1.54, 1.807) is 41.5 Å². The lowest BCUT2D eigenvalue weighted by Crippen LogP contribution is -2.24. The van der Waals surface area contributed by atoms with Crippen LogP contribution in [0.3, 0.4) is 0 Å². The smallest absolute Gasteiger partial charge is 0.437 e. The van der Waals surface area contributed by atoms with Crippen molar-refractivity contribution in [2.75, 3.05) is 13.6 Å². The molecule has 9 heteroatoms. The van der Waals surface area contributed by atoms with E-state index >= 15 is 0 Å². The Morgan fingerprint density at radius 3 is 1.38 bits per heavy atom. The van der Waals surface area contributed by atoms with Gasteiger partial charge in [-0.25, -0.2) is 13.6 Å². The van der Waals surface area contributed by atoms with E-state index in [4.69, 9.17) is 0 Å². The molecule has 0 saturated carbocycles. The molecule has 0 aromatic heterocycles. The zero-order valence-electron chi connectivity index (χ0n) is 13.2. The highest BCUT2D eigenvalue weighted by molar-refractivity contribution is 7.47. The summed E-state index contributed by atoms with van der Waals surface area (Å²) in [6.45, 7) is 8.25. The lowest BCUT2D eigenvalue weighted by molar-refractivity contribution is -0.163. The number of phosphoric ester groups is 1. The Bertz CT molecular complexity index is 382. The van der Waals surface area contributed by atoms with E-state index in [0.717, 1.165) is 0 Å². The topological polar surface area (TPSA) is 108 Å². The fourth-order valence-electron chi connectivity index (χ4n) is 0.763. The second-order valence-electron chi connectivity index (χ2n) is 6.33. The Hall–Kier alpha value is -0.950. The van der Waals surface area contributed by atoms with E-state index in [0.29, 0.717) is 0 Å². The van der Waals surface area contributed by atoms with Gasteiger partial charge in [0.15, 0.2) is 0 Å². The summed E-state index contributed by atoms with van der Waals surface area (Å²) in [7, 11) is -4.46. The fraction of sp³-hybridized carbons (Fsp3) is 0.833. The summed E-state index contributed by atoms with van der Waals surface area (Å²) in [6, 6.07) is 0. The average molecular weight is 326 g/mol. The van der Waals surface area contributed by atoms with E-state index in [-0.39, 0.29) is 0 Å². The minimum Gasteiger partial charge on any atom is -0.437 e. The van der Waals surface area contributed by atoms with Crippen LogP contribution in [0.1, 0.15) is 41.5 Å². The molecule has 0 unspecified atom stereocenters. The summed E-state index contributed by atoms with van der Waals surface area (Å²) in [5.41, 5.74) is -1.52. The number of carbonyl (C=O) groups is 2. The van der Waals surface area contributed by atoms with Crippen molar-refractivity contribution >= 4 is 19.8 Å². The van der Waals surface area contributed by atoms with Crippen molar-refractivity contribution in [3.05, 3.63) is 0 Å². The highest BCUT2D eigenvalue weighted by atomic mass is 31.2. The number of carbonyl (C=O) groups excluding carboxylic acids is 2. The van der Waals surface area contributed by atoms with Crippen LogP contribution in [0.4, 0.5) is 0 Å². The summed E-state index contributed by atoms with van der Waals surface area (Å²) in [4.78, 5) is 32.0. The molecule has 0 rings (SSSR count). The Labute approximate surface area is 124 Å². The number of rotatable bonds is 6. The maximum Gasteiger partial charge on any atom is 0.478 e. The van der Waals surface area contributed by atoms with Crippen molar-refractivity contribution in [2.24, 2.45) is 10.8 Å². The number of phosphoric acid groups is 1. The van der Waals surface area contributed by atoms with Crippen LogP contribution in [0.5, 0.6) is 0 Å². The zero-order chi connectivity index (χ0) is 16.9. The van der Waals surface area contributed by atoms with Crippen LogP contribution in [0.15, 0.2) is 0 Å². The van der Waals surface area contributed by atoms with Gasteiger partial charge in [-0.2, -0.15) is 0 Å². The molecule has 8 nitrogen and oxygen atoms in total. The molecule has 1 N–H and O–H groups in total. The largest absolute Gasteiger partial charge is 0.478 e. The van der Waals surface area contributed by atoms with Gasteiger partial charge >= 0.3 is 19.8 Å². The summed E-state index contributed by atoms with van der Waals surface area (Å²) in [5.74, 6) is -1.19. The van der Waals surface area contributed by atoms with Gasteiger partial charge in [-0.05, 0) is 41.5 Å². The monoisotopic (exact) mass is 326 g/mol. The summed E-state index contributed by atoms with van der Waals surface area (Å²) in [5, 5.41) is 0. The highest BCUT2D eigenvalue weighted by Crippen LogP contribution is 2.43. The van der Waals surface area contributed by atoms with E-state index in [2.05, 4.69) is 18.5 Å². The van der Waals surface area contributed by atoms with Crippen LogP contribution in [0.25, 0.3) is 0 Å². The Morgan fingerprint density at radius 2 is 1.14 bits per heavy atom. The van der Waals surface area contributed by atoms with Gasteiger partial charge in [-0.1, -0.05) is 0 Å². The van der Waals surface area contributed by atoms with Crippen molar-refractivity contribution in [2.45, 2.75) is 41.5 Å². The quantitative estimate of drug-likeness (QED) is 0.449. The molecule has 0 radical (unpaired) electrons. The number of hydrogen-bond donors (Lipinski definition) is 1. The minimum atomic E-state index is -4.46. The SMILES string of the molecule is CC(C)(C)C(=O)OCOP(=O)(O)OCOC(=O)C(C)(C)C. The van der Waals surface area contributed by atoms with Gasteiger partial charge in [0.2, 0.25) is 13.6 Å². The van der Waals surface area contributed by atoms with Crippen LogP contribution in [-0.2, 0) is 32.7 Å². The third-order valence-corrected chi connectivity index (χ3v) is 2.90. The summed E-state index contributed by atoms with van der Waals surface area (Å²) in [6.07, 6.45) is 0. The Morgan fingerprint density at radius 1 is 0.857 bits per heavy atom. The standard InChI is InChI=1S/C12H23O8P/c1-11(2,3)9(13)17-7-19-21(15,16)20-8-18-10(14)12(4,5)6/h7-8H2,1-6H3,(H,15,16). The Balaban J connectivity index is 4.09. The molecule has 0 amide bonds. The van der Waals surface area contributed by atoms with Crippen molar-refractivity contribution in [3.8, 4) is 0 Å². The van der Waals surface area contributed by atoms with Crippen LogP contribution in [-0.4, -0.2) is 30.4 Å². The molecule has 0 aliphatic rings. The minimum absolute atomic E-state index is 0.596. The first kappa shape index (κ1) is 20.1. The van der Waals surface area contributed by atoms with Crippen LogP contribution < -0.4 is 0 Å². The molecule has 0 aliphatic heterocycles. The van der Waals surface area contributed by atoms with Gasteiger partial charge < -0.3 is 14.4 Å². The van der Waals surface area contributed by atoms with E-state index in [1.807, 2.05) is 0 Å². The second kappa shape index (κ2) is 7.35. The first-order valence-electron chi connectivity index (χ1n) is 6.22. The average Bonchev–Trinajstić information content (AvgIpc) is 2.25. The first-order chi connectivity index (χ1) is 9.26. The van der Waals surface area contributed by atoms with E-state index in [9.17, 15) is 19.0 Å². The van der Waals surface area contributed by atoms with E-state index < -0.39 is 44.2 Å². The van der Waals surface area contributed by atoms with Crippen molar-refractivity contribution < 1.29 is 37.6 Å². The molecule has 21 heavy (non-hydrogen) atoms. The lowest BCUT2D eigenvalue weighted by atomic mass is 9.98. The van der Waals surface area contributed by atoms with Crippen molar-refractivity contribution in [3.63, 3.8) is 0 Å². The zero-order valence-corrected chi connectivity index (χ0v) is 14.1. The molecule has 0 aromatic rings. The molecular weight excluding hydrogens is 303 g/mol. The predicted molar refractivity (Wildman–Crippen MR) is 72.8 cm³/mol. The van der Waals surface area contributed by atoms with Gasteiger partial charge in [-0.3, -0.25) is 9.59 Å². The third-order valence-electron chi connectivity index (χ3n) is 2.04. The maximum atomic E-state index is 11.4. The molecule has 0 fully saturated rings. The molecule has 0 heterocycles. The fourth-order valence-corrected chi connectivity index (χ4v) is 1.21. The first-order valence-corrected chi connectivity index (χ1v) is 7.71. The number of esters is 2. The van der Waals surface area contributed by atoms with Crippen molar-refractivity contribution in [1.82, 2.24) is 0 Å². The van der Waals surface area contributed by atoms with Crippen LogP contribution in [0, 0.1) is 10.8 Å². The Kier molecular flexibility index (Phi) is 7.02. The molecule has 0 spiro atoms. The normalized spacial score (nSPS) is 12.9. The molecule has 0 atom stereocenters. The molecule has 0 aliphatic carbocycles. The van der Waals surface area contributed by atoms with Gasteiger partial charge in [0.25, 0.3) is 0 Å². The molecule has 124 valence electrons. The van der Waals surface area contributed by atoms with Gasteiger partial charge in [-0.15, -0.1) is 0 Å². The van der Waals surface area contributed by atoms with Gasteiger partial charge in [0.1, 0.15) is 0 Å². The van der Waals surface area contributed by atoms with Crippen LogP contribution in [0.2, 0.25) is 0 Å². The molecule has 0 aromatic carbocycles. The third kappa shape index (κ3) is 8.83. The van der Waals surface area contributed by atoms with Gasteiger partial charge in [0, 0.05) is 0 Å². The predicted octanol–water partition coefficient (Wildman–Crippen LogP) is 2.21. The molecule has 0 bridgehead atoms. The molecule has 0 saturated heterocycles. The number of ether oxygens (including phenoxy) is 2. The summed E-state index contributed by atoms with van der Waals surface area (Å²) < 4.78 is 29.5. The van der Waals surface area contributed by atoms with Crippen molar-refractivity contribution in [1.29, 1.82) is 0 Å². The highest BCUT2D eigenvalue weighted by Gasteiger charge is 2.28. The van der Waals surface area contributed by atoms with E-state index in [1.165, 1.54) is 0 Å². The maximum absolute atomic E-state index is 11.4. The van der Waals surface area contributed by atoms with Crippen LogP contribution >= 0.6 is 7.82 Å². The molecular formula is C12H23O8P. The second-order valence-corrected chi connectivity index (χ2v) is 7.78. The number of hydrogen-bond acceptors (Lipinski definition) is 7. The lowest BCUT2D eigenvalue weighted by Gasteiger charge is -2.19. The van der Waals surface area contributed by atoms with Gasteiger partial charge in [0.05, 0.1) is 10.8 Å². The summed E-state index contributed by atoms with van der Waals surface area (Å²) >= 11 is 0.